The summed E-state index contributed by atoms with van der Waals surface area (Å²) in [6, 6.07) is 7.76. The van der Waals surface area contributed by atoms with Crippen molar-refractivity contribution in [3.63, 3.8) is 0 Å². The van der Waals surface area contributed by atoms with Crippen molar-refractivity contribution in [2.24, 2.45) is 0 Å². The number of Topliss-reactive ketones (excluding diaryl/α,β-unsaturated/α-hetero) is 1. The van der Waals surface area contributed by atoms with Crippen LogP contribution in [0.2, 0.25) is 0 Å². The Balaban J connectivity index is 1.98. The minimum atomic E-state index is 0.147. The van der Waals surface area contributed by atoms with Crippen molar-refractivity contribution in [3.05, 3.63) is 45.4 Å². The first-order valence-electron chi connectivity index (χ1n) is 5.09. The second kappa shape index (κ2) is 5.42. The van der Waals surface area contributed by atoms with Gasteiger partial charge in [0.25, 0.3) is 0 Å². The van der Waals surface area contributed by atoms with Crippen molar-refractivity contribution < 1.29 is 4.79 Å². The molecule has 0 spiro atoms. The van der Waals surface area contributed by atoms with E-state index >= 15 is 0 Å². The topological polar surface area (TPSA) is 56.0 Å². The number of benzene rings is 1. The van der Waals surface area contributed by atoms with Gasteiger partial charge in [-0.3, -0.25) is 4.79 Å². The van der Waals surface area contributed by atoms with Gasteiger partial charge in [0, 0.05) is 22.7 Å². The van der Waals surface area contributed by atoms with Gasteiger partial charge in [0.2, 0.25) is 0 Å². The molecule has 0 fully saturated rings. The Labute approximate surface area is 112 Å². The van der Waals surface area contributed by atoms with Crippen molar-refractivity contribution in [1.29, 1.82) is 0 Å². The molecular weight excluding hydrogens is 300 g/mol. The number of aromatic nitrogens is 1. The van der Waals surface area contributed by atoms with Gasteiger partial charge in [-0.1, -0.05) is 28.1 Å². The summed E-state index contributed by atoms with van der Waals surface area (Å²) in [5.41, 5.74) is 7.28. The van der Waals surface area contributed by atoms with Crippen molar-refractivity contribution in [2.45, 2.75) is 12.8 Å². The van der Waals surface area contributed by atoms with E-state index in [-0.39, 0.29) is 5.78 Å². The lowest BCUT2D eigenvalue weighted by Gasteiger charge is -2.00. The molecule has 5 heteroatoms. The number of nitrogens with two attached hydrogens (primary N) is 1. The number of hydrogen-bond donors (Lipinski definition) is 1. The van der Waals surface area contributed by atoms with E-state index in [0.717, 1.165) is 15.7 Å². The van der Waals surface area contributed by atoms with Crippen LogP contribution < -0.4 is 5.73 Å². The van der Waals surface area contributed by atoms with Gasteiger partial charge in [-0.25, -0.2) is 4.98 Å². The number of carbonyl (C=O) groups is 1. The monoisotopic (exact) mass is 310 g/mol. The lowest BCUT2D eigenvalue weighted by atomic mass is 10.1. The summed E-state index contributed by atoms with van der Waals surface area (Å²) < 4.78 is 0.987. The maximum Gasteiger partial charge on any atom is 0.180 e. The van der Waals surface area contributed by atoms with Gasteiger partial charge in [-0.05, 0) is 17.7 Å². The predicted molar refractivity (Wildman–Crippen MR) is 73.1 cm³/mol. The molecule has 2 rings (SSSR count). The summed E-state index contributed by atoms with van der Waals surface area (Å²) in [7, 11) is 0. The number of nitrogens with zero attached hydrogens (tertiary/aromatic N) is 1. The fourth-order valence-electron chi connectivity index (χ4n) is 1.54. The molecule has 2 aromatic rings. The van der Waals surface area contributed by atoms with E-state index in [1.165, 1.54) is 11.3 Å². The summed E-state index contributed by atoms with van der Waals surface area (Å²) in [5, 5.41) is 2.34. The Morgan fingerprint density at radius 1 is 1.41 bits per heavy atom. The van der Waals surface area contributed by atoms with E-state index in [1.54, 1.807) is 0 Å². The van der Waals surface area contributed by atoms with Crippen LogP contribution in [0.4, 0.5) is 5.13 Å². The molecule has 1 aromatic carbocycles. The first kappa shape index (κ1) is 12.3. The molecule has 0 saturated heterocycles. The first-order chi connectivity index (χ1) is 8.13. The van der Waals surface area contributed by atoms with Crippen LogP contribution in [0.15, 0.2) is 34.1 Å². The van der Waals surface area contributed by atoms with Gasteiger partial charge >= 0.3 is 0 Å². The Morgan fingerprint density at radius 2 is 2.24 bits per heavy atom. The summed E-state index contributed by atoms with van der Waals surface area (Å²) in [6.07, 6.45) is 0.775. The Bertz CT molecular complexity index is 539. The molecular formula is C12H11BrN2OS. The third-order valence-corrected chi connectivity index (χ3v) is 3.45. The fraction of sp³-hybridized carbons (Fsp3) is 0.167. The van der Waals surface area contributed by atoms with Crippen molar-refractivity contribution in [1.82, 2.24) is 4.98 Å². The molecule has 88 valence electrons. The van der Waals surface area contributed by atoms with Crippen molar-refractivity contribution >= 4 is 38.2 Å². The minimum absolute atomic E-state index is 0.147. The number of halogens is 1. The Morgan fingerprint density at radius 3 is 2.88 bits per heavy atom. The largest absolute Gasteiger partial charge is 0.375 e. The lowest BCUT2D eigenvalue weighted by Crippen LogP contribution is -2.06. The van der Waals surface area contributed by atoms with E-state index in [4.69, 9.17) is 5.73 Å². The normalized spacial score (nSPS) is 10.4. The average molecular weight is 311 g/mol. The standard InChI is InChI=1S/C12H11BrN2OS/c13-9-3-1-2-8(4-9)5-11(16)6-10-7-17-12(14)15-10/h1-4,7H,5-6H2,(H2,14,15). The fourth-order valence-corrected chi connectivity index (χ4v) is 2.55. The molecule has 3 nitrogen and oxygen atoms in total. The number of ketones is 1. The van der Waals surface area contributed by atoms with Gasteiger partial charge < -0.3 is 5.73 Å². The molecule has 0 aliphatic carbocycles. The molecule has 0 bridgehead atoms. The molecule has 0 atom stereocenters. The highest BCUT2D eigenvalue weighted by molar-refractivity contribution is 9.10. The third kappa shape index (κ3) is 3.64. The summed E-state index contributed by atoms with van der Waals surface area (Å²) in [4.78, 5) is 15.9. The zero-order valence-electron chi connectivity index (χ0n) is 9.02. The van der Waals surface area contributed by atoms with Gasteiger partial charge in [0.1, 0.15) is 5.78 Å². The molecule has 17 heavy (non-hydrogen) atoms. The highest BCUT2D eigenvalue weighted by Crippen LogP contribution is 2.15. The van der Waals surface area contributed by atoms with E-state index in [9.17, 15) is 4.79 Å². The van der Waals surface area contributed by atoms with Gasteiger partial charge in [-0.2, -0.15) is 0 Å². The molecule has 0 aliphatic rings. The second-order valence-electron chi connectivity index (χ2n) is 3.70. The van der Waals surface area contributed by atoms with Crippen molar-refractivity contribution in [2.75, 3.05) is 5.73 Å². The highest BCUT2D eigenvalue weighted by Gasteiger charge is 2.08. The number of carbonyl (C=O) groups excluding carboxylic acids is 1. The molecule has 0 aliphatic heterocycles. The quantitative estimate of drug-likeness (QED) is 0.944. The molecule has 2 N–H and O–H groups in total. The van der Waals surface area contributed by atoms with Gasteiger partial charge in [-0.15, -0.1) is 11.3 Å². The molecule has 0 amide bonds. The molecule has 1 heterocycles. The van der Waals surface area contributed by atoms with Crippen LogP contribution in [0.25, 0.3) is 0 Å². The molecule has 0 unspecified atom stereocenters. The number of hydrogen-bond acceptors (Lipinski definition) is 4. The number of nitrogen functional groups attached to an aromatic ring is 1. The van der Waals surface area contributed by atoms with E-state index in [2.05, 4.69) is 20.9 Å². The smallest absolute Gasteiger partial charge is 0.180 e. The van der Waals surface area contributed by atoms with E-state index in [1.807, 2.05) is 29.6 Å². The molecule has 0 saturated carbocycles. The number of thiazole rings is 1. The Kier molecular flexibility index (Phi) is 3.91. The Hall–Kier alpha value is -1.20. The molecule has 1 aromatic heterocycles. The maximum absolute atomic E-state index is 11.8. The van der Waals surface area contributed by atoms with Crippen LogP contribution in [0.5, 0.6) is 0 Å². The first-order valence-corrected chi connectivity index (χ1v) is 6.77. The zero-order valence-corrected chi connectivity index (χ0v) is 11.4. The SMILES string of the molecule is Nc1nc(CC(=O)Cc2cccc(Br)c2)cs1. The molecule has 0 radical (unpaired) electrons. The van der Waals surface area contributed by atoms with Gasteiger partial charge in [0.05, 0.1) is 5.69 Å². The number of anilines is 1. The number of rotatable bonds is 4. The van der Waals surface area contributed by atoms with Crippen LogP contribution >= 0.6 is 27.3 Å². The van der Waals surface area contributed by atoms with Crippen LogP contribution in [0, 0.1) is 0 Å². The highest BCUT2D eigenvalue weighted by atomic mass is 79.9. The van der Waals surface area contributed by atoms with Crippen molar-refractivity contribution in [3.8, 4) is 0 Å². The average Bonchev–Trinajstić information content (AvgIpc) is 2.63. The van der Waals surface area contributed by atoms with E-state index < -0.39 is 0 Å². The van der Waals surface area contributed by atoms with Crippen LogP contribution in [0.1, 0.15) is 11.3 Å². The maximum atomic E-state index is 11.8. The minimum Gasteiger partial charge on any atom is -0.375 e. The van der Waals surface area contributed by atoms with Crippen LogP contribution in [-0.2, 0) is 17.6 Å². The van der Waals surface area contributed by atoms with Gasteiger partial charge in [0.15, 0.2) is 5.13 Å². The zero-order chi connectivity index (χ0) is 12.3. The third-order valence-electron chi connectivity index (χ3n) is 2.24. The van der Waals surface area contributed by atoms with E-state index in [0.29, 0.717) is 18.0 Å². The summed E-state index contributed by atoms with van der Waals surface area (Å²) in [6.45, 7) is 0. The predicted octanol–water partition coefficient (Wildman–Crippen LogP) is 2.84. The summed E-state index contributed by atoms with van der Waals surface area (Å²) in [5.74, 6) is 0.147. The van der Waals surface area contributed by atoms with Crippen LogP contribution in [0.3, 0.4) is 0 Å². The summed E-state index contributed by atoms with van der Waals surface area (Å²) >= 11 is 4.75. The lowest BCUT2D eigenvalue weighted by molar-refractivity contribution is -0.117. The van der Waals surface area contributed by atoms with Crippen LogP contribution in [-0.4, -0.2) is 10.8 Å². The second-order valence-corrected chi connectivity index (χ2v) is 5.50.